The summed E-state index contributed by atoms with van der Waals surface area (Å²) in [6.07, 6.45) is 3.67. The van der Waals surface area contributed by atoms with E-state index in [1.165, 1.54) is 0 Å². The molecule has 3 amide bonds. The maximum atomic E-state index is 11.6. The highest BCUT2D eigenvalue weighted by Crippen LogP contribution is 2.18. The molecule has 1 aliphatic carbocycles. The summed E-state index contributed by atoms with van der Waals surface area (Å²) in [4.78, 5) is 34.1. The number of hydrogen-bond acceptors (Lipinski definition) is 3. The summed E-state index contributed by atoms with van der Waals surface area (Å²) < 4.78 is 0. The van der Waals surface area contributed by atoms with E-state index in [0.29, 0.717) is 31.8 Å². The summed E-state index contributed by atoms with van der Waals surface area (Å²) in [5, 5.41) is 17.0. The molecule has 0 unspecified atom stereocenters. The zero-order valence-electron chi connectivity index (χ0n) is 12.6. The number of aliphatic carboxylic acids is 1. The predicted molar refractivity (Wildman–Crippen MR) is 77.8 cm³/mol. The van der Waals surface area contributed by atoms with Gasteiger partial charge < -0.3 is 21.1 Å². The first-order valence-electron chi connectivity index (χ1n) is 7.50. The van der Waals surface area contributed by atoms with Gasteiger partial charge in [-0.3, -0.25) is 4.79 Å². The molecule has 0 heterocycles. The lowest BCUT2D eigenvalue weighted by atomic mass is 9.99. The van der Waals surface area contributed by atoms with Gasteiger partial charge in [0.05, 0.1) is 0 Å². The smallest absolute Gasteiger partial charge is 0.326 e. The number of hydrogen-bond donors (Lipinski definition) is 4. The van der Waals surface area contributed by atoms with Crippen molar-refractivity contribution in [3.8, 4) is 0 Å². The third-order valence-corrected chi connectivity index (χ3v) is 3.57. The molecule has 0 radical (unpaired) electrons. The molecule has 0 bridgehead atoms. The fraction of sp³-hybridized carbons (Fsp3) is 0.786. The van der Waals surface area contributed by atoms with Crippen LogP contribution in [0.2, 0.25) is 0 Å². The summed E-state index contributed by atoms with van der Waals surface area (Å²) in [5.41, 5.74) is 0. The van der Waals surface area contributed by atoms with Crippen molar-refractivity contribution in [3.63, 3.8) is 0 Å². The van der Waals surface area contributed by atoms with Crippen molar-refractivity contribution in [2.45, 2.75) is 58.0 Å². The Labute approximate surface area is 124 Å². The Morgan fingerprint density at radius 1 is 1.29 bits per heavy atom. The van der Waals surface area contributed by atoms with Gasteiger partial charge in [-0.15, -0.1) is 0 Å². The second-order valence-electron chi connectivity index (χ2n) is 5.55. The topological polar surface area (TPSA) is 108 Å². The molecule has 0 aromatic rings. The van der Waals surface area contributed by atoms with Gasteiger partial charge in [-0.25, -0.2) is 9.59 Å². The number of carbonyl (C=O) groups excluding carboxylic acids is 2. The molecule has 21 heavy (non-hydrogen) atoms. The van der Waals surface area contributed by atoms with Gasteiger partial charge in [0, 0.05) is 19.0 Å². The molecule has 7 heteroatoms. The van der Waals surface area contributed by atoms with Crippen molar-refractivity contribution in [1.29, 1.82) is 0 Å². The maximum Gasteiger partial charge on any atom is 0.326 e. The average molecular weight is 299 g/mol. The van der Waals surface area contributed by atoms with Crippen LogP contribution >= 0.6 is 0 Å². The summed E-state index contributed by atoms with van der Waals surface area (Å²) in [7, 11) is 0. The minimum Gasteiger partial charge on any atom is -0.480 e. The zero-order chi connectivity index (χ0) is 15.8. The van der Waals surface area contributed by atoms with Crippen LogP contribution in [0.3, 0.4) is 0 Å². The van der Waals surface area contributed by atoms with E-state index in [2.05, 4.69) is 16.0 Å². The van der Waals surface area contributed by atoms with E-state index in [-0.39, 0.29) is 11.8 Å². The Balaban J connectivity index is 2.16. The standard InChI is InChI=1S/C14H25N3O4/c1-3-9(2)12(13(19)20)17-14(21)15-8-4-5-11(18)16-10-6-7-10/h9-10,12H,3-8H2,1-2H3,(H,16,18)(H,19,20)(H2,15,17,21)/t9-,12-/m0/s1. The minimum atomic E-state index is -1.04. The number of carboxylic acid groups (broad SMARTS) is 1. The van der Waals surface area contributed by atoms with Gasteiger partial charge in [-0.05, 0) is 25.2 Å². The molecule has 120 valence electrons. The van der Waals surface area contributed by atoms with Gasteiger partial charge in [-0.2, -0.15) is 0 Å². The second kappa shape index (κ2) is 8.49. The van der Waals surface area contributed by atoms with Crippen LogP contribution in [-0.2, 0) is 9.59 Å². The van der Waals surface area contributed by atoms with Gasteiger partial charge >= 0.3 is 12.0 Å². The molecule has 1 fully saturated rings. The zero-order valence-corrected chi connectivity index (χ0v) is 12.6. The van der Waals surface area contributed by atoms with E-state index in [0.717, 1.165) is 12.8 Å². The monoisotopic (exact) mass is 299 g/mol. The Morgan fingerprint density at radius 3 is 2.48 bits per heavy atom. The molecule has 1 saturated carbocycles. The number of nitrogens with one attached hydrogen (secondary N) is 3. The van der Waals surface area contributed by atoms with Crippen LogP contribution in [0.25, 0.3) is 0 Å². The molecule has 0 spiro atoms. The molecular weight excluding hydrogens is 274 g/mol. The predicted octanol–water partition coefficient (Wildman–Crippen LogP) is 0.844. The summed E-state index contributed by atoms with van der Waals surface area (Å²) in [6.45, 7) is 4.00. The van der Waals surface area contributed by atoms with Crippen molar-refractivity contribution in [3.05, 3.63) is 0 Å². The first kappa shape index (κ1) is 17.3. The van der Waals surface area contributed by atoms with Crippen LogP contribution < -0.4 is 16.0 Å². The van der Waals surface area contributed by atoms with Gasteiger partial charge in [0.25, 0.3) is 0 Å². The summed E-state index contributed by atoms with van der Waals surface area (Å²) in [6, 6.07) is -1.06. The number of carbonyl (C=O) groups is 3. The Morgan fingerprint density at radius 2 is 1.95 bits per heavy atom. The first-order chi connectivity index (χ1) is 9.93. The van der Waals surface area contributed by atoms with E-state index >= 15 is 0 Å². The van der Waals surface area contributed by atoms with Crippen LogP contribution in [0.15, 0.2) is 0 Å². The van der Waals surface area contributed by atoms with Crippen molar-refractivity contribution >= 4 is 17.9 Å². The number of amides is 3. The fourth-order valence-corrected chi connectivity index (χ4v) is 1.85. The molecule has 2 atom stereocenters. The highest BCUT2D eigenvalue weighted by atomic mass is 16.4. The summed E-state index contributed by atoms with van der Waals surface area (Å²) >= 11 is 0. The molecule has 7 nitrogen and oxygen atoms in total. The number of rotatable bonds is 9. The van der Waals surface area contributed by atoms with E-state index in [1.807, 2.05) is 6.92 Å². The Hall–Kier alpha value is -1.79. The van der Waals surface area contributed by atoms with Crippen LogP contribution in [0, 0.1) is 5.92 Å². The lowest BCUT2D eigenvalue weighted by Crippen LogP contribution is -2.49. The van der Waals surface area contributed by atoms with Gasteiger partial charge in [0.2, 0.25) is 5.91 Å². The first-order valence-corrected chi connectivity index (χ1v) is 7.50. The van der Waals surface area contributed by atoms with Crippen molar-refractivity contribution in [2.75, 3.05) is 6.54 Å². The molecule has 0 aliphatic heterocycles. The van der Waals surface area contributed by atoms with E-state index in [4.69, 9.17) is 5.11 Å². The SMILES string of the molecule is CC[C@H](C)[C@H](NC(=O)NCCCC(=O)NC1CC1)C(=O)O. The lowest BCUT2D eigenvalue weighted by molar-refractivity contribution is -0.140. The normalized spacial score (nSPS) is 16.7. The molecule has 0 aromatic heterocycles. The van der Waals surface area contributed by atoms with E-state index in [9.17, 15) is 14.4 Å². The highest BCUT2D eigenvalue weighted by Gasteiger charge is 2.25. The quantitative estimate of drug-likeness (QED) is 0.473. The Kier molecular flexibility index (Phi) is 6.98. The van der Waals surface area contributed by atoms with Crippen molar-refractivity contribution in [2.24, 2.45) is 5.92 Å². The van der Waals surface area contributed by atoms with Crippen molar-refractivity contribution < 1.29 is 19.5 Å². The van der Waals surface area contributed by atoms with Gasteiger partial charge in [0.1, 0.15) is 6.04 Å². The van der Waals surface area contributed by atoms with Crippen LogP contribution in [0.4, 0.5) is 4.79 Å². The van der Waals surface area contributed by atoms with Crippen LogP contribution in [0.1, 0.15) is 46.0 Å². The van der Waals surface area contributed by atoms with Crippen LogP contribution in [-0.4, -0.2) is 41.6 Å². The third-order valence-electron chi connectivity index (χ3n) is 3.57. The highest BCUT2D eigenvalue weighted by molar-refractivity contribution is 5.82. The molecule has 4 N–H and O–H groups in total. The summed E-state index contributed by atoms with van der Waals surface area (Å²) in [5.74, 6) is -1.18. The molecular formula is C14H25N3O4. The fourth-order valence-electron chi connectivity index (χ4n) is 1.85. The molecule has 1 aliphatic rings. The Bertz CT molecular complexity index is 382. The average Bonchev–Trinajstić information content (AvgIpc) is 3.23. The van der Waals surface area contributed by atoms with Crippen LogP contribution in [0.5, 0.6) is 0 Å². The second-order valence-corrected chi connectivity index (χ2v) is 5.55. The van der Waals surface area contributed by atoms with E-state index < -0.39 is 18.0 Å². The maximum absolute atomic E-state index is 11.6. The molecule has 0 saturated heterocycles. The minimum absolute atomic E-state index is 0.00252. The number of carboxylic acids is 1. The van der Waals surface area contributed by atoms with Gasteiger partial charge in [-0.1, -0.05) is 20.3 Å². The lowest BCUT2D eigenvalue weighted by Gasteiger charge is -2.20. The molecule has 1 rings (SSSR count). The molecule has 0 aromatic carbocycles. The third kappa shape index (κ3) is 6.97. The van der Waals surface area contributed by atoms with Gasteiger partial charge in [0.15, 0.2) is 0 Å². The van der Waals surface area contributed by atoms with E-state index in [1.54, 1.807) is 6.92 Å². The van der Waals surface area contributed by atoms with Crippen molar-refractivity contribution in [1.82, 2.24) is 16.0 Å². The largest absolute Gasteiger partial charge is 0.480 e. The number of urea groups is 1.